The van der Waals surface area contributed by atoms with Crippen molar-refractivity contribution in [2.45, 2.75) is 6.42 Å². The van der Waals surface area contributed by atoms with E-state index < -0.39 is 11.7 Å². The van der Waals surface area contributed by atoms with Crippen molar-refractivity contribution in [3.05, 3.63) is 65.2 Å². The highest BCUT2D eigenvalue weighted by molar-refractivity contribution is 5.90. The average molecular weight is 288 g/mol. The summed E-state index contributed by atoms with van der Waals surface area (Å²) in [4.78, 5) is 19.1. The Balaban J connectivity index is 2.08. The third kappa shape index (κ3) is 4.10. The average Bonchev–Trinajstić information content (AvgIpc) is 2.50. The molecule has 108 valence electrons. The summed E-state index contributed by atoms with van der Waals surface area (Å²) in [5.41, 5.74) is 1.76. The number of esters is 1. The van der Waals surface area contributed by atoms with E-state index >= 15 is 0 Å². The van der Waals surface area contributed by atoms with Crippen molar-refractivity contribution in [1.29, 1.82) is 0 Å². The molecule has 1 N–H and O–H groups in total. The number of ether oxygens (including phenoxy) is 1. The van der Waals surface area contributed by atoms with Gasteiger partial charge in [0.15, 0.2) is 5.82 Å². The van der Waals surface area contributed by atoms with Crippen LogP contribution in [0.1, 0.15) is 17.0 Å². The first-order chi connectivity index (χ1) is 10.1. The van der Waals surface area contributed by atoms with Crippen molar-refractivity contribution >= 4 is 12.0 Å². The molecule has 0 spiro atoms. The number of aromatic nitrogens is 2. The summed E-state index contributed by atoms with van der Waals surface area (Å²) in [5.74, 6) is -1.51. The Hall–Kier alpha value is -2.76. The van der Waals surface area contributed by atoms with Crippen molar-refractivity contribution in [2.24, 2.45) is 0 Å². The number of rotatable bonds is 4. The number of halogens is 1. The predicted octanol–water partition coefficient (Wildman–Crippen LogP) is 2.28. The van der Waals surface area contributed by atoms with Gasteiger partial charge in [-0.2, -0.15) is 0 Å². The van der Waals surface area contributed by atoms with Crippen LogP contribution in [0, 0.1) is 5.82 Å². The largest absolute Gasteiger partial charge is 0.502 e. The normalized spacial score (nSPS) is 11.2. The molecule has 0 radical (unpaired) electrons. The van der Waals surface area contributed by atoms with Gasteiger partial charge in [-0.15, -0.1) is 0 Å². The van der Waals surface area contributed by atoms with E-state index in [1.807, 2.05) is 0 Å². The zero-order chi connectivity index (χ0) is 15.2. The van der Waals surface area contributed by atoms with Crippen LogP contribution in [0.4, 0.5) is 4.39 Å². The molecule has 0 amide bonds. The lowest BCUT2D eigenvalue weighted by Gasteiger charge is -2.02. The van der Waals surface area contributed by atoms with E-state index in [-0.39, 0.29) is 11.6 Å². The van der Waals surface area contributed by atoms with Gasteiger partial charge in [-0.1, -0.05) is 12.1 Å². The molecule has 0 bridgehead atoms. The van der Waals surface area contributed by atoms with Crippen molar-refractivity contribution < 1.29 is 19.0 Å². The first-order valence-electron chi connectivity index (χ1n) is 6.13. The van der Waals surface area contributed by atoms with Crippen molar-refractivity contribution in [3.8, 4) is 0 Å². The van der Waals surface area contributed by atoms with Crippen LogP contribution in [0.2, 0.25) is 0 Å². The van der Waals surface area contributed by atoms with E-state index in [2.05, 4.69) is 14.7 Å². The standard InChI is InChI=1S/C15H13FN2O3/c1-21-15(20)13(19)7-14-17-8-11(9-18-14)6-10-2-4-12(16)5-3-10/h2-5,7-9,19H,6H2,1H3/b13-7-. The van der Waals surface area contributed by atoms with Gasteiger partial charge in [0.25, 0.3) is 0 Å². The van der Waals surface area contributed by atoms with Gasteiger partial charge >= 0.3 is 5.97 Å². The summed E-state index contributed by atoms with van der Waals surface area (Å²) in [5, 5.41) is 9.37. The van der Waals surface area contributed by atoms with Gasteiger partial charge in [-0.3, -0.25) is 0 Å². The first kappa shape index (κ1) is 14.6. The zero-order valence-electron chi connectivity index (χ0n) is 11.3. The van der Waals surface area contributed by atoms with E-state index in [0.717, 1.165) is 17.2 Å². The molecule has 0 saturated carbocycles. The number of benzene rings is 1. The highest BCUT2D eigenvalue weighted by atomic mass is 19.1. The smallest absolute Gasteiger partial charge is 0.373 e. The number of carbonyl (C=O) groups is 1. The molecule has 1 aromatic carbocycles. The fourth-order valence-corrected chi connectivity index (χ4v) is 1.65. The van der Waals surface area contributed by atoms with Crippen molar-refractivity contribution in [3.63, 3.8) is 0 Å². The van der Waals surface area contributed by atoms with Crippen LogP contribution in [-0.4, -0.2) is 28.2 Å². The number of hydrogen-bond acceptors (Lipinski definition) is 5. The van der Waals surface area contributed by atoms with Crippen LogP contribution < -0.4 is 0 Å². The van der Waals surface area contributed by atoms with Gasteiger partial charge in [-0.25, -0.2) is 19.2 Å². The lowest BCUT2D eigenvalue weighted by molar-refractivity contribution is -0.138. The Morgan fingerprint density at radius 3 is 2.43 bits per heavy atom. The Bertz CT molecular complexity index is 652. The Kier molecular flexibility index (Phi) is 4.61. The molecule has 2 aromatic rings. The predicted molar refractivity (Wildman–Crippen MR) is 73.9 cm³/mol. The highest BCUT2D eigenvalue weighted by Gasteiger charge is 2.07. The summed E-state index contributed by atoms with van der Waals surface area (Å²) >= 11 is 0. The van der Waals surface area contributed by atoms with Gasteiger partial charge in [0, 0.05) is 24.9 Å². The quantitative estimate of drug-likeness (QED) is 0.531. The molecular formula is C15H13FN2O3. The topological polar surface area (TPSA) is 72.3 Å². The number of aliphatic hydroxyl groups excluding tert-OH is 1. The van der Waals surface area contributed by atoms with E-state index in [0.29, 0.717) is 6.42 Å². The summed E-state index contributed by atoms with van der Waals surface area (Å²) in [6, 6.07) is 6.15. The van der Waals surface area contributed by atoms with Crippen LogP contribution in [-0.2, 0) is 16.0 Å². The number of hydrogen-bond donors (Lipinski definition) is 1. The lowest BCUT2D eigenvalue weighted by atomic mass is 10.1. The molecule has 1 heterocycles. The maximum Gasteiger partial charge on any atom is 0.373 e. The van der Waals surface area contributed by atoms with Crippen molar-refractivity contribution in [2.75, 3.05) is 7.11 Å². The first-order valence-corrected chi connectivity index (χ1v) is 6.13. The molecule has 0 aliphatic heterocycles. The van der Waals surface area contributed by atoms with Crippen LogP contribution in [0.25, 0.3) is 6.08 Å². The molecular weight excluding hydrogens is 275 g/mol. The molecule has 0 fully saturated rings. The SMILES string of the molecule is COC(=O)/C(O)=C/c1ncc(Cc2ccc(F)cc2)cn1. The number of methoxy groups -OCH3 is 1. The van der Waals surface area contributed by atoms with Crippen molar-refractivity contribution in [1.82, 2.24) is 9.97 Å². The number of carbonyl (C=O) groups excluding carboxylic acids is 1. The third-order valence-electron chi connectivity index (χ3n) is 2.71. The van der Waals surface area contributed by atoms with Crippen LogP contribution in [0.3, 0.4) is 0 Å². The second-order valence-corrected chi connectivity index (χ2v) is 4.27. The fourth-order valence-electron chi connectivity index (χ4n) is 1.65. The monoisotopic (exact) mass is 288 g/mol. The summed E-state index contributed by atoms with van der Waals surface area (Å²) in [6.07, 6.45) is 4.83. The van der Waals surface area contributed by atoms with Crippen LogP contribution in [0.5, 0.6) is 0 Å². The van der Waals surface area contributed by atoms with Gasteiger partial charge < -0.3 is 9.84 Å². The Labute approximate surface area is 120 Å². The summed E-state index contributed by atoms with van der Waals surface area (Å²) in [6.45, 7) is 0. The molecule has 0 unspecified atom stereocenters. The van der Waals surface area contributed by atoms with Gasteiger partial charge in [-0.05, 0) is 23.3 Å². The maximum atomic E-state index is 12.8. The minimum absolute atomic E-state index is 0.195. The molecule has 5 nitrogen and oxygen atoms in total. The van der Waals surface area contributed by atoms with E-state index in [4.69, 9.17) is 0 Å². The second-order valence-electron chi connectivity index (χ2n) is 4.27. The second kappa shape index (κ2) is 6.60. The molecule has 0 saturated heterocycles. The third-order valence-corrected chi connectivity index (χ3v) is 2.71. The van der Waals surface area contributed by atoms with E-state index in [1.54, 1.807) is 24.5 Å². The Morgan fingerprint density at radius 1 is 1.24 bits per heavy atom. The summed E-state index contributed by atoms with van der Waals surface area (Å²) in [7, 11) is 1.17. The molecule has 0 aliphatic rings. The maximum absolute atomic E-state index is 12.8. The molecule has 2 rings (SSSR count). The Morgan fingerprint density at radius 2 is 1.86 bits per heavy atom. The zero-order valence-corrected chi connectivity index (χ0v) is 11.3. The van der Waals surface area contributed by atoms with E-state index in [1.165, 1.54) is 19.2 Å². The molecule has 1 aromatic heterocycles. The minimum Gasteiger partial charge on any atom is -0.502 e. The number of nitrogens with zero attached hydrogens (tertiary/aromatic N) is 2. The van der Waals surface area contributed by atoms with Gasteiger partial charge in [0.1, 0.15) is 5.82 Å². The fraction of sp³-hybridized carbons (Fsp3) is 0.133. The van der Waals surface area contributed by atoms with Crippen LogP contribution in [0.15, 0.2) is 42.4 Å². The molecule has 6 heteroatoms. The minimum atomic E-state index is -0.853. The molecule has 21 heavy (non-hydrogen) atoms. The lowest BCUT2D eigenvalue weighted by Crippen LogP contribution is -2.04. The summed E-state index contributed by atoms with van der Waals surface area (Å²) < 4.78 is 17.2. The number of aliphatic hydroxyl groups is 1. The highest BCUT2D eigenvalue weighted by Crippen LogP contribution is 2.09. The molecule has 0 atom stereocenters. The van der Waals surface area contributed by atoms with Crippen LogP contribution >= 0.6 is 0 Å². The van der Waals surface area contributed by atoms with E-state index in [9.17, 15) is 14.3 Å². The van der Waals surface area contributed by atoms with Gasteiger partial charge in [0.05, 0.1) is 7.11 Å². The molecule has 0 aliphatic carbocycles. The van der Waals surface area contributed by atoms with Gasteiger partial charge in [0.2, 0.25) is 5.76 Å².